The molecule has 5 heteroatoms. The molecule has 0 saturated carbocycles. The Labute approximate surface area is 152 Å². The van der Waals surface area contributed by atoms with Gasteiger partial charge in [0.25, 0.3) is 0 Å². The molecule has 0 aliphatic carbocycles. The van der Waals surface area contributed by atoms with Crippen LogP contribution in [0.25, 0.3) is 0 Å². The second-order valence-electron chi connectivity index (χ2n) is 5.42. The molecule has 26 heavy (non-hydrogen) atoms. The molecule has 128 valence electrons. The Morgan fingerprint density at radius 2 is 1.77 bits per heavy atom. The van der Waals surface area contributed by atoms with Gasteiger partial charge in [0, 0.05) is 24.2 Å². The van der Waals surface area contributed by atoms with E-state index in [1.165, 1.54) is 0 Å². The predicted molar refractivity (Wildman–Crippen MR) is 98.1 cm³/mol. The molecule has 1 saturated heterocycles. The minimum absolute atomic E-state index is 0.135. The molecule has 1 aliphatic heterocycles. The molecule has 1 aromatic carbocycles. The van der Waals surface area contributed by atoms with E-state index in [4.69, 9.17) is 4.74 Å². The highest BCUT2D eigenvalue weighted by atomic mass is 16.6. The number of amides is 1. The summed E-state index contributed by atoms with van der Waals surface area (Å²) in [5, 5.41) is 2.72. The smallest absolute Gasteiger partial charge is 0.407 e. The molecule has 0 unspecified atom stereocenters. The number of hydrogen-bond donors (Lipinski definition) is 1. The molecule has 1 atom stereocenters. The SMILES string of the molecule is O=C1N[C@H](c2ccnc(C#Cc3cccnc3)c2)CO1.c1ccccc1. The minimum Gasteiger partial charge on any atom is -0.447 e. The summed E-state index contributed by atoms with van der Waals surface area (Å²) in [7, 11) is 0. The third kappa shape index (κ3) is 5.18. The molecule has 0 radical (unpaired) electrons. The quantitative estimate of drug-likeness (QED) is 0.688. The Hall–Kier alpha value is -3.65. The topological polar surface area (TPSA) is 64.1 Å². The van der Waals surface area contributed by atoms with Crippen LogP contribution in [0.4, 0.5) is 4.79 Å². The van der Waals surface area contributed by atoms with Crippen molar-refractivity contribution in [2.75, 3.05) is 6.61 Å². The first-order valence-corrected chi connectivity index (χ1v) is 8.12. The van der Waals surface area contributed by atoms with Crippen molar-refractivity contribution in [3.8, 4) is 11.8 Å². The van der Waals surface area contributed by atoms with E-state index in [1.54, 1.807) is 18.6 Å². The molecule has 0 bridgehead atoms. The van der Waals surface area contributed by atoms with E-state index < -0.39 is 6.09 Å². The maximum Gasteiger partial charge on any atom is 0.407 e. The molecule has 1 amide bonds. The molecule has 1 aliphatic rings. The van der Waals surface area contributed by atoms with Crippen molar-refractivity contribution in [3.63, 3.8) is 0 Å². The zero-order valence-electron chi connectivity index (χ0n) is 14.0. The summed E-state index contributed by atoms with van der Waals surface area (Å²) in [6, 6.07) is 19.3. The first-order valence-electron chi connectivity index (χ1n) is 8.12. The zero-order chi connectivity index (χ0) is 18.0. The number of hydrogen-bond acceptors (Lipinski definition) is 4. The average molecular weight is 343 g/mol. The van der Waals surface area contributed by atoms with E-state index in [9.17, 15) is 4.79 Å². The van der Waals surface area contributed by atoms with Crippen LogP contribution in [0.3, 0.4) is 0 Å². The van der Waals surface area contributed by atoms with Crippen LogP contribution in [-0.2, 0) is 4.74 Å². The van der Waals surface area contributed by atoms with Gasteiger partial charge in [-0.2, -0.15) is 0 Å². The lowest BCUT2D eigenvalue weighted by Gasteiger charge is -2.06. The lowest BCUT2D eigenvalue weighted by atomic mass is 10.1. The molecule has 2 aromatic heterocycles. The van der Waals surface area contributed by atoms with Gasteiger partial charge in [0.05, 0.1) is 6.04 Å². The first-order chi connectivity index (χ1) is 12.8. The number of aromatic nitrogens is 2. The highest BCUT2D eigenvalue weighted by Gasteiger charge is 2.23. The Morgan fingerprint density at radius 1 is 1.00 bits per heavy atom. The van der Waals surface area contributed by atoms with Crippen molar-refractivity contribution >= 4 is 6.09 Å². The van der Waals surface area contributed by atoms with E-state index in [-0.39, 0.29) is 6.04 Å². The number of carbonyl (C=O) groups excluding carboxylic acids is 1. The van der Waals surface area contributed by atoms with Crippen LogP contribution in [0.5, 0.6) is 0 Å². The van der Waals surface area contributed by atoms with Crippen molar-refractivity contribution in [2.45, 2.75) is 6.04 Å². The van der Waals surface area contributed by atoms with Crippen molar-refractivity contribution in [1.82, 2.24) is 15.3 Å². The van der Waals surface area contributed by atoms with E-state index in [0.717, 1.165) is 11.1 Å². The molecule has 1 fully saturated rings. The van der Waals surface area contributed by atoms with Gasteiger partial charge in [-0.05, 0) is 35.7 Å². The summed E-state index contributed by atoms with van der Waals surface area (Å²) >= 11 is 0. The van der Waals surface area contributed by atoms with Gasteiger partial charge in [-0.25, -0.2) is 9.78 Å². The normalized spacial score (nSPS) is 14.8. The van der Waals surface area contributed by atoms with E-state index >= 15 is 0 Å². The molecule has 1 N–H and O–H groups in total. The fourth-order valence-corrected chi connectivity index (χ4v) is 2.25. The number of ether oxygens (including phenoxy) is 1. The number of cyclic esters (lactones) is 1. The van der Waals surface area contributed by atoms with Crippen molar-refractivity contribution in [1.29, 1.82) is 0 Å². The predicted octanol–water partition coefficient (Wildman–Crippen LogP) is 3.34. The third-order valence-electron chi connectivity index (χ3n) is 3.52. The molecule has 3 aromatic rings. The molecule has 3 heterocycles. The summed E-state index contributed by atoms with van der Waals surface area (Å²) < 4.78 is 4.87. The summed E-state index contributed by atoms with van der Waals surface area (Å²) in [5.41, 5.74) is 2.41. The van der Waals surface area contributed by atoms with Gasteiger partial charge in [0.15, 0.2) is 0 Å². The van der Waals surface area contributed by atoms with Gasteiger partial charge in [-0.15, -0.1) is 0 Å². The maximum absolute atomic E-state index is 11.0. The van der Waals surface area contributed by atoms with Gasteiger partial charge in [-0.3, -0.25) is 4.98 Å². The zero-order valence-corrected chi connectivity index (χ0v) is 14.0. The van der Waals surface area contributed by atoms with Gasteiger partial charge in [0.1, 0.15) is 12.3 Å². The largest absolute Gasteiger partial charge is 0.447 e. The standard InChI is InChI=1S/C15H11N3O2.C6H6/c19-15-18-14(10-20-15)12-5-7-17-13(8-12)4-3-11-2-1-6-16-9-11;1-2-4-6-5-3-1/h1-2,5-9,14H,10H2,(H,18,19);1-6H/t14-;/m0./s1. The second-order valence-corrected chi connectivity index (χ2v) is 5.42. The monoisotopic (exact) mass is 343 g/mol. The van der Waals surface area contributed by atoms with Crippen LogP contribution in [0.2, 0.25) is 0 Å². The third-order valence-corrected chi connectivity index (χ3v) is 3.52. The Kier molecular flexibility index (Phi) is 5.95. The number of benzene rings is 1. The van der Waals surface area contributed by atoms with Crippen molar-refractivity contribution in [3.05, 3.63) is 96.1 Å². The lowest BCUT2D eigenvalue weighted by molar-refractivity contribution is 0.177. The molecule has 4 rings (SSSR count). The molecular formula is C21H17N3O2. The fraction of sp³-hybridized carbons (Fsp3) is 0.0952. The highest BCUT2D eigenvalue weighted by Crippen LogP contribution is 2.17. The summed E-state index contributed by atoms with van der Waals surface area (Å²) in [6.45, 7) is 0.332. The van der Waals surface area contributed by atoms with Gasteiger partial charge < -0.3 is 10.1 Å². The minimum atomic E-state index is -0.394. The number of carbonyl (C=O) groups is 1. The number of nitrogens with zero attached hydrogens (tertiary/aromatic N) is 2. The Bertz CT molecular complexity index is 876. The molecule has 0 spiro atoms. The van der Waals surface area contributed by atoms with Gasteiger partial charge in [-0.1, -0.05) is 42.3 Å². The van der Waals surface area contributed by atoms with Gasteiger partial charge in [0.2, 0.25) is 0 Å². The molecule has 5 nitrogen and oxygen atoms in total. The van der Waals surface area contributed by atoms with Crippen LogP contribution in [-0.4, -0.2) is 22.7 Å². The Balaban J connectivity index is 0.000000278. The summed E-state index contributed by atoms with van der Waals surface area (Å²) in [4.78, 5) is 19.2. The molecular weight excluding hydrogens is 326 g/mol. The Morgan fingerprint density at radius 3 is 2.38 bits per heavy atom. The van der Waals surface area contributed by atoms with Crippen LogP contribution in [0, 0.1) is 11.8 Å². The lowest BCUT2D eigenvalue weighted by Crippen LogP contribution is -2.18. The van der Waals surface area contributed by atoms with Crippen molar-refractivity contribution < 1.29 is 9.53 Å². The number of alkyl carbamates (subject to hydrolysis) is 1. The van der Waals surface area contributed by atoms with E-state index in [0.29, 0.717) is 12.3 Å². The van der Waals surface area contributed by atoms with Crippen LogP contribution < -0.4 is 5.32 Å². The average Bonchev–Trinajstić information content (AvgIpc) is 3.16. The first kappa shape index (κ1) is 17.2. The van der Waals surface area contributed by atoms with Crippen LogP contribution >= 0.6 is 0 Å². The van der Waals surface area contributed by atoms with Crippen molar-refractivity contribution in [2.24, 2.45) is 0 Å². The van der Waals surface area contributed by atoms with E-state index in [2.05, 4.69) is 27.1 Å². The maximum atomic E-state index is 11.0. The summed E-state index contributed by atoms with van der Waals surface area (Å²) in [6.07, 6.45) is 4.68. The fourth-order valence-electron chi connectivity index (χ4n) is 2.25. The second kappa shape index (κ2) is 9.00. The van der Waals surface area contributed by atoms with Gasteiger partial charge >= 0.3 is 6.09 Å². The van der Waals surface area contributed by atoms with Crippen LogP contribution in [0.1, 0.15) is 22.9 Å². The van der Waals surface area contributed by atoms with E-state index in [1.807, 2.05) is 60.7 Å². The number of pyridine rings is 2. The van der Waals surface area contributed by atoms with Crippen LogP contribution in [0.15, 0.2) is 79.3 Å². The summed E-state index contributed by atoms with van der Waals surface area (Å²) in [5.74, 6) is 5.98. The highest BCUT2D eigenvalue weighted by molar-refractivity contribution is 5.70. The number of rotatable bonds is 1. The number of nitrogens with one attached hydrogen (secondary N) is 1.